The second kappa shape index (κ2) is 3.84. The number of aromatic amines is 1. The quantitative estimate of drug-likeness (QED) is 0.761. The van der Waals surface area contributed by atoms with Crippen LogP contribution >= 0.6 is 0 Å². The van der Waals surface area contributed by atoms with Gasteiger partial charge in [-0.1, -0.05) is 32.0 Å². The summed E-state index contributed by atoms with van der Waals surface area (Å²) in [5.41, 5.74) is 2.47. The van der Waals surface area contributed by atoms with E-state index in [1.54, 1.807) is 0 Å². The van der Waals surface area contributed by atoms with Gasteiger partial charge in [0.15, 0.2) is 0 Å². The first-order valence-corrected chi connectivity index (χ1v) is 5.06. The Balaban J connectivity index is 2.19. The summed E-state index contributed by atoms with van der Waals surface area (Å²) in [6.45, 7) is 5.22. The molecule has 2 nitrogen and oxygen atoms in total. The fourth-order valence-corrected chi connectivity index (χ4v) is 1.54. The van der Waals surface area contributed by atoms with Gasteiger partial charge in [0.2, 0.25) is 0 Å². The van der Waals surface area contributed by atoms with Crippen molar-refractivity contribution in [2.24, 2.45) is 0 Å². The van der Waals surface area contributed by atoms with Crippen LogP contribution in [0, 0.1) is 0 Å². The van der Waals surface area contributed by atoms with E-state index >= 15 is 0 Å². The van der Waals surface area contributed by atoms with E-state index in [-0.39, 0.29) is 0 Å². The van der Waals surface area contributed by atoms with Crippen molar-refractivity contribution in [2.45, 2.75) is 26.4 Å². The van der Waals surface area contributed by atoms with Crippen LogP contribution in [0.1, 0.15) is 19.5 Å². The molecule has 0 aliphatic carbocycles. The Labute approximate surface area is 84.3 Å². The lowest BCUT2D eigenvalue weighted by Gasteiger charge is -2.05. The molecule has 0 saturated carbocycles. The fraction of sp³-hybridized carbons (Fsp3) is 0.333. The topological polar surface area (TPSA) is 27.8 Å². The minimum Gasteiger partial charge on any atom is -0.357 e. The van der Waals surface area contributed by atoms with Gasteiger partial charge in [-0.2, -0.15) is 0 Å². The minimum atomic E-state index is 0.529. The third kappa shape index (κ3) is 1.96. The normalized spacial score (nSPS) is 11.4. The molecule has 0 fully saturated rings. The van der Waals surface area contributed by atoms with E-state index in [0.717, 1.165) is 6.54 Å². The van der Waals surface area contributed by atoms with Crippen LogP contribution in [0.4, 0.5) is 0 Å². The van der Waals surface area contributed by atoms with E-state index in [0.29, 0.717) is 6.04 Å². The number of nitrogens with one attached hydrogen (secondary N) is 2. The molecular weight excluding hydrogens is 172 g/mol. The Morgan fingerprint density at radius 3 is 2.79 bits per heavy atom. The monoisotopic (exact) mass is 188 g/mol. The van der Waals surface area contributed by atoms with Crippen molar-refractivity contribution in [3.8, 4) is 0 Å². The predicted molar refractivity (Wildman–Crippen MR) is 60.3 cm³/mol. The van der Waals surface area contributed by atoms with Gasteiger partial charge >= 0.3 is 0 Å². The van der Waals surface area contributed by atoms with E-state index in [1.165, 1.54) is 16.6 Å². The van der Waals surface area contributed by atoms with Gasteiger partial charge in [-0.05, 0) is 17.5 Å². The van der Waals surface area contributed by atoms with Gasteiger partial charge in [-0.3, -0.25) is 0 Å². The Morgan fingerprint density at radius 2 is 2.07 bits per heavy atom. The number of para-hydroxylation sites is 1. The summed E-state index contributed by atoms with van der Waals surface area (Å²) >= 11 is 0. The summed E-state index contributed by atoms with van der Waals surface area (Å²) in [6.07, 6.45) is 0. The largest absolute Gasteiger partial charge is 0.357 e. The van der Waals surface area contributed by atoms with Crippen molar-refractivity contribution in [1.82, 2.24) is 10.3 Å². The van der Waals surface area contributed by atoms with Crippen LogP contribution in [0.5, 0.6) is 0 Å². The summed E-state index contributed by atoms with van der Waals surface area (Å²) in [7, 11) is 0. The maximum Gasteiger partial charge on any atom is 0.0456 e. The Bertz CT molecular complexity index is 382. The SMILES string of the molecule is CC(C)NCc1cc2ccccc2[nH]1. The maximum atomic E-state index is 3.39. The van der Waals surface area contributed by atoms with Crippen LogP contribution in [0.3, 0.4) is 0 Å². The Hall–Kier alpha value is -1.28. The summed E-state index contributed by atoms with van der Waals surface area (Å²) in [5.74, 6) is 0. The lowest BCUT2D eigenvalue weighted by molar-refractivity contribution is 0.583. The molecule has 0 spiro atoms. The van der Waals surface area contributed by atoms with Crippen LogP contribution in [-0.2, 0) is 6.54 Å². The van der Waals surface area contributed by atoms with E-state index in [9.17, 15) is 0 Å². The molecule has 1 heterocycles. The van der Waals surface area contributed by atoms with Crippen LogP contribution < -0.4 is 5.32 Å². The van der Waals surface area contributed by atoms with Crippen molar-refractivity contribution >= 4 is 10.9 Å². The van der Waals surface area contributed by atoms with Gasteiger partial charge in [0.25, 0.3) is 0 Å². The lowest BCUT2D eigenvalue weighted by atomic mass is 10.2. The fourth-order valence-electron chi connectivity index (χ4n) is 1.54. The summed E-state index contributed by atoms with van der Waals surface area (Å²) < 4.78 is 0. The molecule has 2 heteroatoms. The highest BCUT2D eigenvalue weighted by molar-refractivity contribution is 5.80. The van der Waals surface area contributed by atoms with Gasteiger partial charge in [0, 0.05) is 23.8 Å². The van der Waals surface area contributed by atoms with Crippen LogP contribution in [0.2, 0.25) is 0 Å². The molecule has 1 aromatic heterocycles. The highest BCUT2D eigenvalue weighted by Crippen LogP contribution is 2.14. The average Bonchev–Trinajstić information content (AvgIpc) is 2.57. The highest BCUT2D eigenvalue weighted by Gasteiger charge is 1.99. The zero-order valence-electron chi connectivity index (χ0n) is 8.67. The van der Waals surface area contributed by atoms with Gasteiger partial charge in [-0.15, -0.1) is 0 Å². The number of H-pyrrole nitrogens is 1. The zero-order valence-corrected chi connectivity index (χ0v) is 8.67. The molecule has 2 aromatic rings. The molecule has 0 atom stereocenters. The molecule has 0 unspecified atom stereocenters. The van der Waals surface area contributed by atoms with Crippen LogP contribution in [-0.4, -0.2) is 11.0 Å². The maximum absolute atomic E-state index is 3.39. The van der Waals surface area contributed by atoms with E-state index in [1.807, 2.05) is 0 Å². The standard InChI is InChI=1S/C12H16N2/c1-9(2)13-8-11-7-10-5-3-4-6-12(10)14-11/h3-7,9,13-14H,8H2,1-2H3. The van der Waals surface area contributed by atoms with Crippen molar-refractivity contribution in [3.63, 3.8) is 0 Å². The third-order valence-corrected chi connectivity index (χ3v) is 2.29. The van der Waals surface area contributed by atoms with Gasteiger partial charge in [0.1, 0.15) is 0 Å². The van der Waals surface area contributed by atoms with E-state index in [4.69, 9.17) is 0 Å². The first-order chi connectivity index (χ1) is 6.75. The molecule has 2 rings (SSSR count). The van der Waals surface area contributed by atoms with Crippen molar-refractivity contribution < 1.29 is 0 Å². The molecule has 0 bridgehead atoms. The van der Waals surface area contributed by atoms with Crippen molar-refractivity contribution in [1.29, 1.82) is 0 Å². The number of rotatable bonds is 3. The minimum absolute atomic E-state index is 0.529. The molecule has 0 aliphatic heterocycles. The molecule has 1 aromatic carbocycles. The van der Waals surface area contributed by atoms with Gasteiger partial charge < -0.3 is 10.3 Å². The molecule has 14 heavy (non-hydrogen) atoms. The second-order valence-corrected chi connectivity index (χ2v) is 3.92. The zero-order chi connectivity index (χ0) is 9.97. The molecule has 0 aliphatic rings. The van der Waals surface area contributed by atoms with E-state index < -0.39 is 0 Å². The summed E-state index contributed by atoms with van der Waals surface area (Å²) in [5, 5.41) is 4.68. The number of hydrogen-bond donors (Lipinski definition) is 2. The number of hydrogen-bond acceptors (Lipinski definition) is 1. The molecule has 2 N–H and O–H groups in total. The number of fused-ring (bicyclic) bond motifs is 1. The molecule has 0 amide bonds. The first kappa shape index (κ1) is 9.28. The third-order valence-electron chi connectivity index (χ3n) is 2.29. The summed E-state index contributed by atoms with van der Waals surface area (Å²) in [4.78, 5) is 3.39. The second-order valence-electron chi connectivity index (χ2n) is 3.92. The van der Waals surface area contributed by atoms with Gasteiger partial charge in [-0.25, -0.2) is 0 Å². The Morgan fingerprint density at radius 1 is 1.29 bits per heavy atom. The number of benzene rings is 1. The van der Waals surface area contributed by atoms with Crippen LogP contribution in [0.25, 0.3) is 10.9 Å². The molecule has 0 radical (unpaired) electrons. The van der Waals surface area contributed by atoms with Crippen LogP contribution in [0.15, 0.2) is 30.3 Å². The summed E-state index contributed by atoms with van der Waals surface area (Å²) in [6, 6.07) is 11.1. The predicted octanol–water partition coefficient (Wildman–Crippen LogP) is 2.67. The Kier molecular flexibility index (Phi) is 2.55. The highest BCUT2D eigenvalue weighted by atomic mass is 14.9. The molecular formula is C12H16N2. The van der Waals surface area contributed by atoms with Crippen molar-refractivity contribution in [2.75, 3.05) is 0 Å². The van der Waals surface area contributed by atoms with E-state index in [2.05, 4.69) is 54.5 Å². The number of aromatic nitrogens is 1. The molecule has 74 valence electrons. The average molecular weight is 188 g/mol. The van der Waals surface area contributed by atoms with Crippen molar-refractivity contribution in [3.05, 3.63) is 36.0 Å². The first-order valence-electron chi connectivity index (χ1n) is 5.06. The smallest absolute Gasteiger partial charge is 0.0456 e. The molecule has 0 saturated heterocycles. The lowest BCUT2D eigenvalue weighted by Crippen LogP contribution is -2.21. The van der Waals surface area contributed by atoms with Gasteiger partial charge in [0.05, 0.1) is 0 Å².